The highest BCUT2D eigenvalue weighted by Crippen LogP contribution is 2.17. The maximum absolute atomic E-state index is 12.5. The molecule has 0 saturated carbocycles. The van der Waals surface area contributed by atoms with Gasteiger partial charge in [-0.05, 0) is 38.5 Å². The second-order valence-corrected chi connectivity index (χ2v) is 16.3. The van der Waals surface area contributed by atoms with Crippen LogP contribution in [0.1, 0.15) is 258 Å². The third-order valence-corrected chi connectivity index (χ3v) is 11.1. The average molecular weight is 736 g/mol. The highest BCUT2D eigenvalue weighted by atomic mass is 16.3. The van der Waals surface area contributed by atoms with Gasteiger partial charge in [-0.2, -0.15) is 0 Å². The fraction of sp³-hybridized carbons (Fsp3) is 0.936. The summed E-state index contributed by atoms with van der Waals surface area (Å²) in [5.74, 6) is -0.472. The molecule has 310 valence electrons. The van der Waals surface area contributed by atoms with E-state index >= 15 is 0 Å². The first-order chi connectivity index (χ1) is 25.6. The molecule has 3 unspecified atom stereocenters. The topological polar surface area (TPSA) is 89.8 Å². The van der Waals surface area contributed by atoms with Crippen LogP contribution in [-0.4, -0.2) is 46.1 Å². The fourth-order valence-corrected chi connectivity index (χ4v) is 7.42. The summed E-state index contributed by atoms with van der Waals surface area (Å²) in [4.78, 5) is 12.5. The third kappa shape index (κ3) is 37.4. The predicted molar refractivity (Wildman–Crippen MR) is 227 cm³/mol. The molecule has 0 aliphatic rings. The zero-order valence-corrected chi connectivity index (χ0v) is 35.2. The molecule has 5 nitrogen and oxygen atoms in total. The summed E-state index contributed by atoms with van der Waals surface area (Å²) in [5, 5.41) is 33.4. The van der Waals surface area contributed by atoms with E-state index in [0.717, 1.165) is 32.1 Å². The van der Waals surface area contributed by atoms with E-state index in [1.807, 2.05) is 0 Å². The van der Waals surface area contributed by atoms with Crippen LogP contribution in [0.25, 0.3) is 0 Å². The van der Waals surface area contributed by atoms with E-state index in [4.69, 9.17) is 0 Å². The van der Waals surface area contributed by atoms with Crippen molar-refractivity contribution >= 4 is 5.91 Å². The number of allylic oxidation sites excluding steroid dienone is 2. The lowest BCUT2D eigenvalue weighted by Gasteiger charge is -2.23. The minimum Gasteiger partial charge on any atom is -0.394 e. The Bertz CT molecular complexity index is 728. The summed E-state index contributed by atoms with van der Waals surface area (Å²) in [5.41, 5.74) is 0. The van der Waals surface area contributed by atoms with E-state index < -0.39 is 24.2 Å². The van der Waals surface area contributed by atoms with Crippen LogP contribution in [0, 0.1) is 0 Å². The first-order valence-corrected chi connectivity index (χ1v) is 23.5. The van der Waals surface area contributed by atoms with Crippen LogP contribution in [0.3, 0.4) is 0 Å². The van der Waals surface area contributed by atoms with Crippen LogP contribution < -0.4 is 5.32 Å². The van der Waals surface area contributed by atoms with Crippen molar-refractivity contribution in [3.8, 4) is 0 Å². The number of carbonyl (C=O) groups excluding carboxylic acids is 1. The second-order valence-electron chi connectivity index (χ2n) is 16.3. The average Bonchev–Trinajstić information content (AvgIpc) is 3.15. The molecule has 4 N–H and O–H groups in total. The molecule has 0 aliphatic carbocycles. The summed E-state index contributed by atoms with van der Waals surface area (Å²) < 4.78 is 0. The van der Waals surface area contributed by atoms with Gasteiger partial charge >= 0.3 is 0 Å². The van der Waals surface area contributed by atoms with Gasteiger partial charge in [-0.15, -0.1) is 0 Å². The largest absolute Gasteiger partial charge is 0.394 e. The highest BCUT2D eigenvalue weighted by molar-refractivity contribution is 5.80. The molecule has 0 heterocycles. The Labute approximate surface area is 325 Å². The van der Waals surface area contributed by atoms with Gasteiger partial charge in [0.05, 0.1) is 18.8 Å². The zero-order valence-electron chi connectivity index (χ0n) is 35.2. The lowest BCUT2D eigenvalue weighted by Crippen LogP contribution is -2.49. The first kappa shape index (κ1) is 51.1. The summed E-state index contributed by atoms with van der Waals surface area (Å²) in [6, 6.07) is -0.711. The Morgan fingerprint density at radius 2 is 0.731 bits per heavy atom. The van der Waals surface area contributed by atoms with Crippen LogP contribution >= 0.6 is 0 Å². The van der Waals surface area contributed by atoms with Crippen LogP contribution in [0.4, 0.5) is 0 Å². The Balaban J connectivity index is 3.60. The minimum absolute atomic E-state index is 0.312. The molecule has 0 aromatic rings. The third-order valence-electron chi connectivity index (χ3n) is 11.1. The first-order valence-electron chi connectivity index (χ1n) is 23.5. The van der Waals surface area contributed by atoms with Gasteiger partial charge in [0.2, 0.25) is 5.91 Å². The van der Waals surface area contributed by atoms with Gasteiger partial charge in [0.1, 0.15) is 6.10 Å². The predicted octanol–water partition coefficient (Wildman–Crippen LogP) is 13.6. The number of carbonyl (C=O) groups is 1. The van der Waals surface area contributed by atoms with Crippen LogP contribution in [0.2, 0.25) is 0 Å². The van der Waals surface area contributed by atoms with E-state index in [1.54, 1.807) is 0 Å². The number of aliphatic hydroxyl groups excluding tert-OH is 3. The van der Waals surface area contributed by atoms with E-state index in [2.05, 4.69) is 31.3 Å². The fourth-order valence-electron chi connectivity index (χ4n) is 7.42. The van der Waals surface area contributed by atoms with Gasteiger partial charge < -0.3 is 20.6 Å². The summed E-state index contributed by atoms with van der Waals surface area (Å²) in [6.07, 6.45) is 50.7. The highest BCUT2D eigenvalue weighted by Gasteiger charge is 2.23. The zero-order chi connectivity index (χ0) is 38.0. The molecule has 0 radical (unpaired) electrons. The standard InChI is InChI=1S/C47H93NO4/c1-3-5-7-9-11-13-15-17-19-21-23-24-26-28-30-32-34-36-38-40-42-46(51)47(52)48-44(43-49)45(50)41-39-37-35-33-31-29-27-25-22-20-18-16-14-12-10-8-6-4-2/h24,26,44-46,49-51H,3-23,25,27-43H2,1-2H3,(H,48,52)/b26-24-. The van der Waals surface area contributed by atoms with Gasteiger partial charge in [0, 0.05) is 0 Å². The van der Waals surface area contributed by atoms with E-state index in [1.165, 1.54) is 199 Å². The lowest BCUT2D eigenvalue weighted by atomic mass is 10.0. The van der Waals surface area contributed by atoms with Crippen LogP contribution in [0.5, 0.6) is 0 Å². The van der Waals surface area contributed by atoms with E-state index in [-0.39, 0.29) is 6.61 Å². The Hall–Kier alpha value is -0.910. The van der Waals surface area contributed by atoms with Crippen molar-refractivity contribution < 1.29 is 20.1 Å². The molecule has 1 amide bonds. The normalized spacial score (nSPS) is 13.6. The minimum atomic E-state index is -1.08. The van der Waals surface area contributed by atoms with Crippen LogP contribution in [0.15, 0.2) is 12.2 Å². The molecule has 0 aromatic carbocycles. The molecule has 0 aliphatic heterocycles. The number of amides is 1. The smallest absolute Gasteiger partial charge is 0.249 e. The maximum Gasteiger partial charge on any atom is 0.249 e. The summed E-state index contributed by atoms with van der Waals surface area (Å²) in [6.45, 7) is 4.25. The number of rotatable bonds is 43. The summed E-state index contributed by atoms with van der Waals surface area (Å²) >= 11 is 0. The number of nitrogens with one attached hydrogen (secondary N) is 1. The molecule has 0 bridgehead atoms. The SMILES string of the molecule is CCCCCCCCCCCC/C=C\CCCCCCCCC(O)C(=O)NC(CO)C(O)CCCCCCCCCCCCCCCCCCCC. The molecule has 0 aromatic heterocycles. The number of hydrogen-bond donors (Lipinski definition) is 4. The van der Waals surface area contributed by atoms with E-state index in [9.17, 15) is 20.1 Å². The van der Waals surface area contributed by atoms with Crippen molar-refractivity contribution in [2.24, 2.45) is 0 Å². The van der Waals surface area contributed by atoms with Crippen molar-refractivity contribution in [2.75, 3.05) is 6.61 Å². The molecule has 52 heavy (non-hydrogen) atoms. The van der Waals surface area contributed by atoms with Crippen molar-refractivity contribution in [1.29, 1.82) is 0 Å². The molecule has 5 heteroatoms. The van der Waals surface area contributed by atoms with Crippen molar-refractivity contribution in [3.05, 3.63) is 12.2 Å². The molecule has 3 atom stereocenters. The molecular weight excluding hydrogens is 643 g/mol. The van der Waals surface area contributed by atoms with Gasteiger partial charge in [-0.25, -0.2) is 0 Å². The van der Waals surface area contributed by atoms with Crippen LogP contribution in [-0.2, 0) is 4.79 Å². The maximum atomic E-state index is 12.5. The lowest BCUT2D eigenvalue weighted by molar-refractivity contribution is -0.131. The van der Waals surface area contributed by atoms with Gasteiger partial charge in [-0.3, -0.25) is 4.79 Å². The second kappa shape index (κ2) is 42.8. The monoisotopic (exact) mass is 736 g/mol. The van der Waals surface area contributed by atoms with Gasteiger partial charge in [0.25, 0.3) is 0 Å². The van der Waals surface area contributed by atoms with Crippen molar-refractivity contribution in [3.63, 3.8) is 0 Å². The Morgan fingerprint density at radius 1 is 0.442 bits per heavy atom. The van der Waals surface area contributed by atoms with Gasteiger partial charge in [-0.1, -0.05) is 231 Å². The number of unbranched alkanes of at least 4 members (excludes halogenated alkanes) is 33. The quantitative estimate of drug-likeness (QED) is 0.0371. The molecular formula is C47H93NO4. The number of aliphatic hydroxyl groups is 3. The van der Waals surface area contributed by atoms with Crippen molar-refractivity contribution in [1.82, 2.24) is 5.32 Å². The summed E-state index contributed by atoms with van der Waals surface area (Å²) in [7, 11) is 0. The van der Waals surface area contributed by atoms with E-state index in [0.29, 0.717) is 12.8 Å². The molecule has 0 saturated heterocycles. The van der Waals surface area contributed by atoms with Gasteiger partial charge in [0.15, 0.2) is 0 Å². The Kier molecular flexibility index (Phi) is 42.1. The molecule has 0 fully saturated rings. The Morgan fingerprint density at radius 3 is 1.06 bits per heavy atom. The number of hydrogen-bond acceptors (Lipinski definition) is 4. The molecule has 0 rings (SSSR count). The molecule has 0 spiro atoms. The van der Waals surface area contributed by atoms with Crippen molar-refractivity contribution in [2.45, 2.75) is 276 Å².